The lowest BCUT2D eigenvalue weighted by molar-refractivity contribution is -0.136. The van der Waals surface area contributed by atoms with Crippen LogP contribution in [0.25, 0.3) is 0 Å². The van der Waals surface area contributed by atoms with Crippen molar-refractivity contribution < 1.29 is 13.2 Å². The second-order valence-corrected chi connectivity index (χ2v) is 5.45. The molecule has 1 unspecified atom stereocenters. The maximum absolute atomic E-state index is 12.4. The molecule has 0 aromatic carbocycles. The Morgan fingerprint density at radius 2 is 1.67 bits per heavy atom. The van der Waals surface area contributed by atoms with E-state index in [2.05, 4.69) is 20.6 Å². The molecule has 7 heteroatoms. The molecule has 0 fully saturated rings. The Hall–Kier alpha value is -1.53. The number of hydrogen-bond acceptors (Lipinski definition) is 4. The fourth-order valence-corrected chi connectivity index (χ4v) is 1.90. The Kier molecular flexibility index (Phi) is 5.80. The molecule has 1 atom stereocenters. The average Bonchev–Trinajstić information content (AvgIpc) is 2.31. The summed E-state index contributed by atoms with van der Waals surface area (Å²) in [5.74, 6) is 1.83. The van der Waals surface area contributed by atoms with Gasteiger partial charge in [-0.15, -0.1) is 0 Å². The highest BCUT2D eigenvalue weighted by Gasteiger charge is 2.30. The van der Waals surface area contributed by atoms with Gasteiger partial charge in [-0.05, 0) is 20.8 Å². The Balaban J connectivity index is 3.04. The van der Waals surface area contributed by atoms with Crippen LogP contribution in [0.5, 0.6) is 0 Å². The first-order valence-electron chi connectivity index (χ1n) is 7.09. The summed E-state index contributed by atoms with van der Waals surface area (Å²) in [6.45, 7) is 9.82. The summed E-state index contributed by atoms with van der Waals surface area (Å²) in [4.78, 5) is 8.77. The highest BCUT2D eigenvalue weighted by Crippen LogP contribution is 2.26. The lowest BCUT2D eigenvalue weighted by Gasteiger charge is -2.20. The van der Waals surface area contributed by atoms with Crippen LogP contribution in [0, 0.1) is 6.92 Å². The minimum Gasteiger partial charge on any atom is -0.370 e. The summed E-state index contributed by atoms with van der Waals surface area (Å²) in [6.07, 6.45) is -5.09. The normalized spacial score (nSPS) is 13.4. The summed E-state index contributed by atoms with van der Waals surface area (Å²) in [5, 5.41) is 5.97. The molecule has 1 rings (SSSR count). The average molecular weight is 304 g/mol. The molecule has 2 N–H and O–H groups in total. The molecule has 0 spiro atoms. The van der Waals surface area contributed by atoms with E-state index in [4.69, 9.17) is 0 Å². The summed E-state index contributed by atoms with van der Waals surface area (Å²) in [6, 6.07) is -0.743. The molecule has 0 aliphatic heterocycles. The zero-order chi connectivity index (χ0) is 16.2. The summed E-state index contributed by atoms with van der Waals surface area (Å²) in [5.41, 5.74) is 0.732. The van der Waals surface area contributed by atoms with E-state index >= 15 is 0 Å². The Morgan fingerprint density at radius 3 is 2.14 bits per heavy atom. The molecule has 1 aromatic heterocycles. The molecular weight excluding hydrogens is 281 g/mol. The van der Waals surface area contributed by atoms with Crippen LogP contribution in [0.1, 0.15) is 51.4 Å². The molecule has 0 saturated carbocycles. The van der Waals surface area contributed by atoms with Crippen molar-refractivity contribution in [3.63, 3.8) is 0 Å². The topological polar surface area (TPSA) is 49.8 Å². The molecule has 4 nitrogen and oxygen atoms in total. The predicted octanol–water partition coefficient (Wildman–Crippen LogP) is 4.09. The van der Waals surface area contributed by atoms with Crippen molar-refractivity contribution in [2.24, 2.45) is 0 Å². The number of aromatic nitrogens is 2. The third-order valence-corrected chi connectivity index (χ3v) is 2.94. The first-order valence-corrected chi connectivity index (χ1v) is 7.09. The fraction of sp³-hybridized carbons (Fsp3) is 0.714. The van der Waals surface area contributed by atoms with E-state index in [9.17, 15) is 13.2 Å². The van der Waals surface area contributed by atoms with Crippen LogP contribution in [0.3, 0.4) is 0 Å². The Labute approximate surface area is 123 Å². The van der Waals surface area contributed by atoms with Gasteiger partial charge in [-0.25, -0.2) is 9.97 Å². The van der Waals surface area contributed by atoms with E-state index in [0.29, 0.717) is 24.0 Å². The number of nitrogens with one attached hydrogen (secondary N) is 2. The number of rotatable bonds is 6. The van der Waals surface area contributed by atoms with Gasteiger partial charge in [-0.2, -0.15) is 13.2 Å². The second-order valence-electron chi connectivity index (χ2n) is 5.45. The molecule has 1 aromatic rings. The maximum atomic E-state index is 12.4. The van der Waals surface area contributed by atoms with Crippen molar-refractivity contribution in [1.82, 2.24) is 9.97 Å². The van der Waals surface area contributed by atoms with Gasteiger partial charge in [-0.3, -0.25) is 0 Å². The third-order valence-electron chi connectivity index (χ3n) is 2.94. The first kappa shape index (κ1) is 17.5. The number of halogens is 3. The van der Waals surface area contributed by atoms with Gasteiger partial charge in [-0.1, -0.05) is 13.8 Å². The van der Waals surface area contributed by atoms with E-state index in [1.807, 2.05) is 20.8 Å². The van der Waals surface area contributed by atoms with E-state index in [1.54, 1.807) is 6.92 Å². The summed E-state index contributed by atoms with van der Waals surface area (Å²) in [7, 11) is 0. The summed E-state index contributed by atoms with van der Waals surface area (Å²) < 4.78 is 37.3. The van der Waals surface area contributed by atoms with Crippen molar-refractivity contribution >= 4 is 11.6 Å². The van der Waals surface area contributed by atoms with Crippen molar-refractivity contribution in [3.8, 4) is 0 Å². The van der Waals surface area contributed by atoms with Crippen LogP contribution in [0.15, 0.2) is 0 Å². The highest BCUT2D eigenvalue weighted by atomic mass is 19.4. The molecular formula is C14H23F3N4. The van der Waals surface area contributed by atoms with Crippen molar-refractivity contribution in [3.05, 3.63) is 11.4 Å². The molecule has 0 aliphatic rings. The third kappa shape index (κ3) is 5.40. The largest absolute Gasteiger partial charge is 0.391 e. The smallest absolute Gasteiger partial charge is 0.370 e. The van der Waals surface area contributed by atoms with Gasteiger partial charge in [0.15, 0.2) is 0 Å². The van der Waals surface area contributed by atoms with E-state index < -0.39 is 18.6 Å². The second kappa shape index (κ2) is 6.95. The number of anilines is 2. The van der Waals surface area contributed by atoms with Gasteiger partial charge in [0.05, 0.1) is 6.42 Å². The molecule has 21 heavy (non-hydrogen) atoms. The van der Waals surface area contributed by atoms with Gasteiger partial charge < -0.3 is 10.6 Å². The van der Waals surface area contributed by atoms with Gasteiger partial charge in [0.25, 0.3) is 0 Å². The predicted molar refractivity (Wildman–Crippen MR) is 78.8 cm³/mol. The minimum atomic E-state index is -4.20. The molecule has 0 aliphatic carbocycles. The van der Waals surface area contributed by atoms with Gasteiger partial charge in [0.1, 0.15) is 17.5 Å². The highest BCUT2D eigenvalue weighted by molar-refractivity contribution is 5.57. The van der Waals surface area contributed by atoms with Gasteiger partial charge >= 0.3 is 6.18 Å². The number of nitrogens with zero attached hydrogens (tertiary/aromatic N) is 2. The van der Waals surface area contributed by atoms with E-state index in [0.717, 1.165) is 5.56 Å². The quantitative estimate of drug-likeness (QED) is 0.831. The van der Waals surface area contributed by atoms with Crippen LogP contribution >= 0.6 is 0 Å². The number of alkyl halides is 3. The maximum Gasteiger partial charge on any atom is 0.391 e. The van der Waals surface area contributed by atoms with Crippen LogP contribution in [-0.4, -0.2) is 28.7 Å². The molecule has 0 amide bonds. The number of hydrogen-bond donors (Lipinski definition) is 2. The first-order chi connectivity index (χ1) is 9.64. The zero-order valence-corrected chi connectivity index (χ0v) is 13.1. The van der Waals surface area contributed by atoms with Crippen LogP contribution in [0.2, 0.25) is 0 Å². The molecule has 0 radical (unpaired) electrons. The molecule has 0 bridgehead atoms. The summed E-state index contributed by atoms with van der Waals surface area (Å²) >= 11 is 0. The lowest BCUT2D eigenvalue weighted by atomic mass is 10.2. The van der Waals surface area contributed by atoms with Crippen molar-refractivity contribution in [2.75, 3.05) is 17.2 Å². The monoisotopic (exact) mass is 304 g/mol. The SMILES string of the molecule is CCNc1nc(C(C)C)nc(NC(C)CC(F)(F)F)c1C. The molecule has 120 valence electrons. The van der Waals surface area contributed by atoms with Gasteiger partial charge in [0.2, 0.25) is 0 Å². The minimum absolute atomic E-state index is 0.0986. The lowest BCUT2D eigenvalue weighted by Crippen LogP contribution is -2.25. The van der Waals surface area contributed by atoms with Crippen LogP contribution in [0.4, 0.5) is 24.8 Å². The molecule has 0 saturated heterocycles. The Morgan fingerprint density at radius 1 is 1.10 bits per heavy atom. The van der Waals surface area contributed by atoms with Crippen molar-refractivity contribution in [2.45, 2.75) is 59.2 Å². The standard InChI is InChI=1S/C14H23F3N4/c1-6-18-12-10(5)13(21-11(20-12)8(2)3)19-9(4)7-14(15,16)17/h8-9H,6-7H2,1-5H3,(H2,18,19,20,21). The van der Waals surface area contributed by atoms with E-state index in [1.165, 1.54) is 6.92 Å². The Bertz CT molecular complexity index is 472. The van der Waals surface area contributed by atoms with Crippen LogP contribution < -0.4 is 10.6 Å². The fourth-order valence-electron chi connectivity index (χ4n) is 1.90. The van der Waals surface area contributed by atoms with Crippen molar-refractivity contribution in [1.29, 1.82) is 0 Å². The van der Waals surface area contributed by atoms with Gasteiger partial charge in [0, 0.05) is 24.1 Å². The van der Waals surface area contributed by atoms with E-state index in [-0.39, 0.29) is 5.92 Å². The zero-order valence-electron chi connectivity index (χ0n) is 13.1. The van der Waals surface area contributed by atoms with Crippen LogP contribution in [-0.2, 0) is 0 Å². The molecule has 1 heterocycles.